The largest absolute Gasteiger partial charge is 0.493 e. The molecule has 1 rings (SSSR count). The molecule has 0 aliphatic carbocycles. The molecule has 6 heteroatoms. The number of hydrogen-bond acceptors (Lipinski definition) is 4. The summed E-state index contributed by atoms with van der Waals surface area (Å²) in [5, 5.41) is 11.6. The topological polar surface area (TPSA) is 84.9 Å². The Bertz CT molecular complexity index is 489. The van der Waals surface area contributed by atoms with E-state index in [0.29, 0.717) is 17.9 Å². The van der Waals surface area contributed by atoms with E-state index in [1.54, 1.807) is 19.2 Å². The lowest BCUT2D eigenvalue weighted by Crippen LogP contribution is -2.41. The summed E-state index contributed by atoms with van der Waals surface area (Å²) in [7, 11) is 1.54. The number of aliphatic carboxylic acids is 1. The molecule has 0 fully saturated rings. The van der Waals surface area contributed by atoms with E-state index < -0.39 is 12.0 Å². The van der Waals surface area contributed by atoms with Gasteiger partial charge in [0.15, 0.2) is 11.5 Å². The number of methoxy groups -OCH3 is 1. The van der Waals surface area contributed by atoms with E-state index in [0.717, 1.165) is 12.8 Å². The lowest BCUT2D eigenvalue weighted by atomic mass is 10.1. The van der Waals surface area contributed by atoms with Gasteiger partial charge >= 0.3 is 5.97 Å². The molecule has 122 valence electrons. The standard InChI is InChI=1S/C16H23NO5/c1-3-4-7-12(16(19)20)17-15(18)10-11-22-14-9-6-5-8-13(14)21-2/h5-6,8-9,12H,3-4,7,10-11H2,1-2H3,(H,17,18)(H,19,20). The zero-order chi connectivity index (χ0) is 16.4. The van der Waals surface area contributed by atoms with E-state index in [1.807, 2.05) is 19.1 Å². The quantitative estimate of drug-likeness (QED) is 0.692. The van der Waals surface area contributed by atoms with Crippen LogP contribution in [-0.4, -0.2) is 36.7 Å². The van der Waals surface area contributed by atoms with Crippen molar-refractivity contribution in [2.45, 2.75) is 38.6 Å². The lowest BCUT2D eigenvalue weighted by molar-refractivity contribution is -0.142. The van der Waals surface area contributed by atoms with Gasteiger partial charge in [0.1, 0.15) is 6.04 Å². The molecule has 1 amide bonds. The number of carboxylic acids is 1. The van der Waals surface area contributed by atoms with Gasteiger partial charge in [0, 0.05) is 0 Å². The van der Waals surface area contributed by atoms with Gasteiger partial charge < -0.3 is 19.9 Å². The second kappa shape index (κ2) is 9.65. The predicted molar refractivity (Wildman–Crippen MR) is 82.2 cm³/mol. The molecule has 22 heavy (non-hydrogen) atoms. The predicted octanol–water partition coefficient (Wildman–Crippen LogP) is 2.22. The van der Waals surface area contributed by atoms with Gasteiger partial charge in [0.05, 0.1) is 20.1 Å². The van der Waals surface area contributed by atoms with Gasteiger partial charge in [0.25, 0.3) is 0 Å². The minimum absolute atomic E-state index is 0.0912. The van der Waals surface area contributed by atoms with Crippen molar-refractivity contribution in [1.82, 2.24) is 5.32 Å². The third-order valence-electron chi connectivity index (χ3n) is 3.14. The molecule has 1 aromatic rings. The number of rotatable bonds is 10. The number of para-hydroxylation sites is 2. The molecule has 0 aromatic heterocycles. The average molecular weight is 309 g/mol. The molecule has 1 unspecified atom stereocenters. The van der Waals surface area contributed by atoms with Crippen LogP contribution >= 0.6 is 0 Å². The summed E-state index contributed by atoms with van der Waals surface area (Å²) in [6, 6.07) is 6.31. The summed E-state index contributed by atoms with van der Waals surface area (Å²) in [6.07, 6.45) is 2.17. The fourth-order valence-electron chi connectivity index (χ4n) is 1.92. The molecule has 0 bridgehead atoms. The van der Waals surface area contributed by atoms with Crippen LogP contribution in [0.1, 0.15) is 32.6 Å². The summed E-state index contributed by atoms with van der Waals surface area (Å²) >= 11 is 0. The van der Waals surface area contributed by atoms with E-state index in [2.05, 4.69) is 5.32 Å². The van der Waals surface area contributed by atoms with Gasteiger partial charge in [0.2, 0.25) is 5.91 Å². The number of amides is 1. The molecule has 1 atom stereocenters. The van der Waals surface area contributed by atoms with E-state index in [4.69, 9.17) is 14.6 Å². The third kappa shape index (κ3) is 6.03. The van der Waals surface area contributed by atoms with Crippen molar-refractivity contribution in [2.75, 3.05) is 13.7 Å². The fourth-order valence-corrected chi connectivity index (χ4v) is 1.92. The Kier molecular flexibility index (Phi) is 7.81. The van der Waals surface area contributed by atoms with Crippen molar-refractivity contribution in [1.29, 1.82) is 0 Å². The lowest BCUT2D eigenvalue weighted by Gasteiger charge is -2.14. The van der Waals surface area contributed by atoms with Crippen LogP contribution in [0.15, 0.2) is 24.3 Å². The molecule has 0 aliphatic heterocycles. The molecule has 0 spiro atoms. The van der Waals surface area contributed by atoms with Crippen LogP contribution in [0.4, 0.5) is 0 Å². The number of unbranched alkanes of at least 4 members (excludes halogenated alkanes) is 1. The summed E-state index contributed by atoms with van der Waals surface area (Å²) < 4.78 is 10.6. The molecule has 0 aliphatic rings. The molecule has 1 aromatic carbocycles. The van der Waals surface area contributed by atoms with Gasteiger partial charge in [-0.3, -0.25) is 4.79 Å². The van der Waals surface area contributed by atoms with E-state index in [9.17, 15) is 9.59 Å². The Morgan fingerprint density at radius 1 is 1.27 bits per heavy atom. The van der Waals surface area contributed by atoms with Crippen LogP contribution in [0.2, 0.25) is 0 Å². The van der Waals surface area contributed by atoms with Crippen LogP contribution in [-0.2, 0) is 9.59 Å². The first-order valence-corrected chi connectivity index (χ1v) is 7.36. The second-order valence-electron chi connectivity index (χ2n) is 4.85. The number of carboxylic acid groups (broad SMARTS) is 1. The van der Waals surface area contributed by atoms with Crippen molar-refractivity contribution >= 4 is 11.9 Å². The molecule has 0 heterocycles. The van der Waals surface area contributed by atoms with Crippen LogP contribution in [0.3, 0.4) is 0 Å². The monoisotopic (exact) mass is 309 g/mol. The highest BCUT2D eigenvalue weighted by Gasteiger charge is 2.19. The Balaban J connectivity index is 2.40. The molecule has 6 nitrogen and oxygen atoms in total. The Hall–Kier alpha value is -2.24. The van der Waals surface area contributed by atoms with E-state index >= 15 is 0 Å². The number of hydrogen-bond donors (Lipinski definition) is 2. The summed E-state index contributed by atoms with van der Waals surface area (Å²) in [5.74, 6) is -0.196. The van der Waals surface area contributed by atoms with E-state index in [1.165, 1.54) is 0 Å². The number of carbonyl (C=O) groups is 2. The van der Waals surface area contributed by atoms with Crippen LogP contribution in [0, 0.1) is 0 Å². The Morgan fingerprint density at radius 3 is 2.55 bits per heavy atom. The first-order chi connectivity index (χ1) is 10.6. The number of nitrogens with one attached hydrogen (secondary N) is 1. The summed E-state index contributed by atoms with van der Waals surface area (Å²) in [5.41, 5.74) is 0. The van der Waals surface area contributed by atoms with Gasteiger partial charge in [-0.15, -0.1) is 0 Å². The molecule has 2 N–H and O–H groups in total. The van der Waals surface area contributed by atoms with Crippen molar-refractivity contribution in [3.05, 3.63) is 24.3 Å². The molecular weight excluding hydrogens is 286 g/mol. The SMILES string of the molecule is CCCCC(NC(=O)CCOc1ccccc1OC)C(=O)O. The third-order valence-corrected chi connectivity index (χ3v) is 3.14. The summed E-state index contributed by atoms with van der Waals surface area (Å²) in [6.45, 7) is 2.13. The average Bonchev–Trinajstić information content (AvgIpc) is 2.51. The molecule has 0 saturated heterocycles. The first kappa shape index (κ1) is 17.8. The molecular formula is C16H23NO5. The maximum Gasteiger partial charge on any atom is 0.326 e. The van der Waals surface area contributed by atoms with Gasteiger partial charge in [-0.2, -0.15) is 0 Å². The van der Waals surface area contributed by atoms with Gasteiger partial charge in [-0.25, -0.2) is 4.79 Å². The van der Waals surface area contributed by atoms with Crippen molar-refractivity contribution in [3.8, 4) is 11.5 Å². The first-order valence-electron chi connectivity index (χ1n) is 7.36. The maximum atomic E-state index is 11.8. The van der Waals surface area contributed by atoms with Gasteiger partial charge in [-0.05, 0) is 18.6 Å². The summed E-state index contributed by atoms with van der Waals surface area (Å²) in [4.78, 5) is 22.8. The normalized spacial score (nSPS) is 11.5. The molecule has 0 radical (unpaired) electrons. The van der Waals surface area contributed by atoms with Crippen molar-refractivity contribution in [3.63, 3.8) is 0 Å². The van der Waals surface area contributed by atoms with Crippen molar-refractivity contribution < 1.29 is 24.2 Å². The minimum atomic E-state index is -1.01. The zero-order valence-electron chi connectivity index (χ0n) is 13.0. The highest BCUT2D eigenvalue weighted by Crippen LogP contribution is 2.25. The van der Waals surface area contributed by atoms with Crippen LogP contribution < -0.4 is 14.8 Å². The number of ether oxygens (including phenoxy) is 2. The van der Waals surface area contributed by atoms with Crippen LogP contribution in [0.5, 0.6) is 11.5 Å². The van der Waals surface area contributed by atoms with Crippen LogP contribution in [0.25, 0.3) is 0 Å². The highest BCUT2D eigenvalue weighted by atomic mass is 16.5. The fraction of sp³-hybridized carbons (Fsp3) is 0.500. The maximum absolute atomic E-state index is 11.8. The van der Waals surface area contributed by atoms with Crippen molar-refractivity contribution in [2.24, 2.45) is 0 Å². The Labute approximate surface area is 130 Å². The zero-order valence-corrected chi connectivity index (χ0v) is 13.0. The minimum Gasteiger partial charge on any atom is -0.493 e. The molecule has 0 saturated carbocycles. The number of benzene rings is 1. The van der Waals surface area contributed by atoms with E-state index in [-0.39, 0.29) is 18.9 Å². The number of carbonyl (C=O) groups excluding carboxylic acids is 1. The Morgan fingerprint density at radius 2 is 1.95 bits per heavy atom. The van der Waals surface area contributed by atoms with Gasteiger partial charge in [-0.1, -0.05) is 31.9 Å². The smallest absolute Gasteiger partial charge is 0.326 e. The highest BCUT2D eigenvalue weighted by molar-refractivity contribution is 5.83. The second-order valence-corrected chi connectivity index (χ2v) is 4.85.